The van der Waals surface area contributed by atoms with Crippen LogP contribution in [0.1, 0.15) is 38.7 Å². The van der Waals surface area contributed by atoms with E-state index in [4.69, 9.17) is 4.74 Å². The number of benzene rings is 3. The molecular weight excluding hydrogens is 539 g/mol. The Balaban J connectivity index is 1.57. The molecular formula is C31H24F3NO4S. The molecule has 204 valence electrons. The third kappa shape index (κ3) is 5.12. The summed E-state index contributed by atoms with van der Waals surface area (Å²) in [6.45, 7) is 3.91. The van der Waals surface area contributed by atoms with E-state index in [0.717, 1.165) is 28.2 Å². The van der Waals surface area contributed by atoms with Gasteiger partial charge in [-0.1, -0.05) is 36.4 Å². The van der Waals surface area contributed by atoms with Gasteiger partial charge < -0.3 is 9.84 Å². The lowest BCUT2D eigenvalue weighted by molar-refractivity contribution is -0.137. The molecule has 1 fully saturated rings. The lowest BCUT2D eigenvalue weighted by Crippen LogP contribution is -2.29. The van der Waals surface area contributed by atoms with Crippen molar-refractivity contribution in [1.29, 1.82) is 0 Å². The molecule has 5 nitrogen and oxygen atoms in total. The highest BCUT2D eigenvalue weighted by Crippen LogP contribution is 2.46. The van der Waals surface area contributed by atoms with Crippen LogP contribution < -0.4 is 9.64 Å². The standard InChI is InChI=1S/C31H24F3NO4S/c1-18-13-14-40-29(18)26-25(28(37)30(38)35(26)23-10-6-9-22(16-23)31(32,33)34)27(36)21-11-12-24(19(2)15-21)39-17-20-7-4-3-5-8-20/h3-16,26,36H,17H2,1-2H3/b27-25-. The molecule has 0 saturated carbocycles. The van der Waals surface area contributed by atoms with Crippen LogP contribution in [0.5, 0.6) is 5.75 Å². The number of amides is 1. The number of carbonyl (C=O) groups excluding carboxylic acids is 2. The molecule has 1 N–H and O–H groups in total. The van der Waals surface area contributed by atoms with E-state index in [0.29, 0.717) is 22.8 Å². The SMILES string of the molecule is Cc1cc(/C(O)=C2/C(=O)C(=O)N(c3cccc(C(F)(F)F)c3)C2c2sccc2C)ccc1OCc1ccccc1. The van der Waals surface area contributed by atoms with Crippen molar-refractivity contribution < 1.29 is 32.6 Å². The number of hydrogen-bond donors (Lipinski definition) is 1. The molecule has 5 rings (SSSR count). The monoisotopic (exact) mass is 563 g/mol. The van der Waals surface area contributed by atoms with Crippen molar-refractivity contribution >= 4 is 34.5 Å². The largest absolute Gasteiger partial charge is 0.507 e. The van der Waals surface area contributed by atoms with E-state index in [9.17, 15) is 27.9 Å². The molecule has 40 heavy (non-hydrogen) atoms. The molecule has 1 aromatic heterocycles. The van der Waals surface area contributed by atoms with E-state index in [1.165, 1.54) is 23.5 Å². The highest BCUT2D eigenvalue weighted by Gasteiger charge is 2.48. The number of anilines is 1. The van der Waals surface area contributed by atoms with E-state index in [1.807, 2.05) is 30.3 Å². The van der Waals surface area contributed by atoms with Crippen LogP contribution in [0, 0.1) is 13.8 Å². The van der Waals surface area contributed by atoms with Gasteiger partial charge in [-0.05, 0) is 78.4 Å². The van der Waals surface area contributed by atoms with Crippen molar-refractivity contribution in [3.8, 4) is 5.75 Å². The van der Waals surface area contributed by atoms with Crippen LogP contribution >= 0.6 is 11.3 Å². The number of rotatable bonds is 6. The van der Waals surface area contributed by atoms with Crippen LogP contribution in [0.3, 0.4) is 0 Å². The zero-order valence-electron chi connectivity index (χ0n) is 21.5. The van der Waals surface area contributed by atoms with Crippen molar-refractivity contribution in [2.75, 3.05) is 4.90 Å². The number of ketones is 1. The average molecular weight is 564 g/mol. The van der Waals surface area contributed by atoms with E-state index in [-0.39, 0.29) is 16.8 Å². The van der Waals surface area contributed by atoms with Gasteiger partial charge in [0.1, 0.15) is 24.2 Å². The fourth-order valence-electron chi connectivity index (χ4n) is 4.69. The third-order valence-electron chi connectivity index (χ3n) is 6.73. The Labute approximate surface area is 232 Å². The molecule has 1 aliphatic rings. The molecule has 1 saturated heterocycles. The number of ether oxygens (including phenoxy) is 1. The Kier molecular flexibility index (Phi) is 7.25. The van der Waals surface area contributed by atoms with Crippen LogP contribution in [0.4, 0.5) is 18.9 Å². The summed E-state index contributed by atoms with van der Waals surface area (Å²) in [5.41, 5.74) is 1.47. The maximum atomic E-state index is 13.5. The summed E-state index contributed by atoms with van der Waals surface area (Å²) in [6, 6.07) is 19.5. The summed E-state index contributed by atoms with van der Waals surface area (Å²) < 4.78 is 46.4. The fraction of sp³-hybridized carbons (Fsp3) is 0.161. The predicted octanol–water partition coefficient (Wildman–Crippen LogP) is 7.59. The number of nitrogens with zero attached hydrogens (tertiary/aromatic N) is 1. The van der Waals surface area contributed by atoms with Gasteiger partial charge in [0.15, 0.2) is 0 Å². The first kappa shape index (κ1) is 27.2. The molecule has 4 aromatic rings. The number of Topliss-reactive ketones (excluding diaryl/α,β-unsaturated/α-hetero) is 1. The molecule has 3 aromatic carbocycles. The molecule has 2 heterocycles. The Morgan fingerprint density at radius 2 is 1.70 bits per heavy atom. The Bertz CT molecular complexity index is 1630. The second-order valence-corrected chi connectivity index (χ2v) is 10.4. The van der Waals surface area contributed by atoms with E-state index in [2.05, 4.69) is 0 Å². The first-order valence-corrected chi connectivity index (χ1v) is 13.2. The van der Waals surface area contributed by atoms with Crippen molar-refractivity contribution in [3.05, 3.63) is 123 Å². The van der Waals surface area contributed by atoms with E-state index >= 15 is 0 Å². The van der Waals surface area contributed by atoms with Crippen LogP contribution in [0.25, 0.3) is 5.76 Å². The zero-order chi connectivity index (χ0) is 28.6. The summed E-state index contributed by atoms with van der Waals surface area (Å²) in [5, 5.41) is 13.2. The summed E-state index contributed by atoms with van der Waals surface area (Å²) in [7, 11) is 0. The minimum Gasteiger partial charge on any atom is -0.507 e. The van der Waals surface area contributed by atoms with Crippen LogP contribution in [0.2, 0.25) is 0 Å². The topological polar surface area (TPSA) is 66.8 Å². The van der Waals surface area contributed by atoms with Gasteiger partial charge >= 0.3 is 6.18 Å². The minimum absolute atomic E-state index is 0.0883. The van der Waals surface area contributed by atoms with Gasteiger partial charge in [0.25, 0.3) is 11.7 Å². The highest BCUT2D eigenvalue weighted by molar-refractivity contribution is 7.10. The summed E-state index contributed by atoms with van der Waals surface area (Å²) in [6.07, 6.45) is -4.64. The second kappa shape index (κ2) is 10.7. The summed E-state index contributed by atoms with van der Waals surface area (Å²) in [4.78, 5) is 28.3. The molecule has 1 amide bonds. The van der Waals surface area contributed by atoms with Crippen LogP contribution in [0.15, 0.2) is 89.8 Å². The molecule has 0 aliphatic carbocycles. The normalized spacial score (nSPS) is 16.9. The predicted molar refractivity (Wildman–Crippen MR) is 147 cm³/mol. The van der Waals surface area contributed by atoms with Gasteiger partial charge in [-0.3, -0.25) is 14.5 Å². The maximum absolute atomic E-state index is 13.5. The van der Waals surface area contributed by atoms with Crippen LogP contribution in [-0.2, 0) is 22.4 Å². The number of hydrogen-bond acceptors (Lipinski definition) is 5. The zero-order valence-corrected chi connectivity index (χ0v) is 22.3. The fourth-order valence-corrected chi connectivity index (χ4v) is 5.72. The number of halogens is 3. The molecule has 1 atom stereocenters. The van der Waals surface area contributed by atoms with Gasteiger partial charge in [0.05, 0.1) is 11.1 Å². The number of aliphatic hydroxyl groups excluding tert-OH is 1. The summed E-state index contributed by atoms with van der Waals surface area (Å²) in [5.74, 6) is -1.83. The quantitative estimate of drug-likeness (QED) is 0.149. The average Bonchev–Trinajstić information content (AvgIpc) is 3.47. The molecule has 0 radical (unpaired) electrons. The smallest absolute Gasteiger partial charge is 0.416 e. The van der Waals surface area contributed by atoms with Crippen molar-refractivity contribution in [3.63, 3.8) is 0 Å². The van der Waals surface area contributed by atoms with Gasteiger partial charge in [-0.2, -0.15) is 13.2 Å². The van der Waals surface area contributed by atoms with E-state index < -0.39 is 35.2 Å². The van der Waals surface area contributed by atoms with E-state index in [1.54, 1.807) is 43.5 Å². The van der Waals surface area contributed by atoms with Crippen molar-refractivity contribution in [2.45, 2.75) is 32.7 Å². The molecule has 1 aliphatic heterocycles. The Morgan fingerprint density at radius 1 is 0.950 bits per heavy atom. The number of aliphatic hydroxyl groups is 1. The molecule has 9 heteroatoms. The lowest BCUT2D eigenvalue weighted by atomic mass is 9.97. The Hall–Kier alpha value is -4.37. The Morgan fingerprint density at radius 3 is 2.35 bits per heavy atom. The maximum Gasteiger partial charge on any atom is 0.416 e. The number of thiophene rings is 1. The number of alkyl halides is 3. The highest BCUT2D eigenvalue weighted by atomic mass is 32.1. The third-order valence-corrected chi connectivity index (χ3v) is 7.80. The first-order valence-electron chi connectivity index (χ1n) is 12.4. The van der Waals surface area contributed by atoms with Crippen LogP contribution in [-0.4, -0.2) is 16.8 Å². The van der Waals surface area contributed by atoms with Gasteiger partial charge in [0.2, 0.25) is 0 Å². The summed E-state index contributed by atoms with van der Waals surface area (Å²) >= 11 is 1.25. The molecule has 1 unspecified atom stereocenters. The number of aryl methyl sites for hydroxylation is 2. The molecule has 0 bridgehead atoms. The second-order valence-electron chi connectivity index (χ2n) is 9.44. The van der Waals surface area contributed by atoms with Gasteiger partial charge in [-0.15, -0.1) is 11.3 Å². The molecule has 0 spiro atoms. The van der Waals surface area contributed by atoms with Crippen molar-refractivity contribution in [1.82, 2.24) is 0 Å². The minimum atomic E-state index is -4.64. The van der Waals surface area contributed by atoms with Crippen molar-refractivity contribution in [2.24, 2.45) is 0 Å². The lowest BCUT2D eigenvalue weighted by Gasteiger charge is -2.25. The van der Waals surface area contributed by atoms with Gasteiger partial charge in [-0.25, -0.2) is 0 Å². The number of carbonyl (C=O) groups is 2. The van der Waals surface area contributed by atoms with Gasteiger partial charge in [0, 0.05) is 16.1 Å². The first-order chi connectivity index (χ1) is 19.1.